The smallest absolute Gasteiger partial charge is 0.325 e. The van der Waals surface area contributed by atoms with Crippen molar-refractivity contribution < 1.29 is 14.7 Å². The van der Waals surface area contributed by atoms with Crippen LogP contribution in [0.25, 0.3) is 6.08 Å². The van der Waals surface area contributed by atoms with Gasteiger partial charge in [-0.3, -0.25) is 19.3 Å². The predicted molar refractivity (Wildman–Crippen MR) is 71.8 cm³/mol. The van der Waals surface area contributed by atoms with Gasteiger partial charge in [-0.15, -0.1) is 0 Å². The molecule has 0 aliphatic carbocycles. The lowest BCUT2D eigenvalue weighted by Crippen LogP contribution is -2.09. The number of rotatable bonds is 5. The number of aromatic nitrogens is 3. The second-order valence-corrected chi connectivity index (χ2v) is 3.93. The Labute approximate surface area is 114 Å². The van der Waals surface area contributed by atoms with Gasteiger partial charge < -0.3 is 10.4 Å². The molecule has 0 radical (unpaired) electrons. The first-order valence-corrected chi connectivity index (χ1v) is 5.77. The van der Waals surface area contributed by atoms with Crippen molar-refractivity contribution in [3.63, 3.8) is 0 Å². The largest absolute Gasteiger partial charge is 0.480 e. The molecule has 0 aliphatic heterocycles. The normalized spacial score (nSPS) is 10.6. The number of hydrogen-bond acceptors (Lipinski definition) is 4. The van der Waals surface area contributed by atoms with Gasteiger partial charge in [0, 0.05) is 24.7 Å². The van der Waals surface area contributed by atoms with Gasteiger partial charge in [0.25, 0.3) is 0 Å². The van der Waals surface area contributed by atoms with Crippen LogP contribution in [-0.2, 0) is 16.1 Å². The van der Waals surface area contributed by atoms with Crippen LogP contribution in [0.4, 0.5) is 5.69 Å². The van der Waals surface area contributed by atoms with Gasteiger partial charge in [0.2, 0.25) is 5.91 Å². The summed E-state index contributed by atoms with van der Waals surface area (Å²) in [4.78, 5) is 26.1. The average molecular weight is 272 g/mol. The summed E-state index contributed by atoms with van der Waals surface area (Å²) >= 11 is 0. The topological polar surface area (TPSA) is 97.1 Å². The van der Waals surface area contributed by atoms with Gasteiger partial charge in [0.05, 0.1) is 11.9 Å². The van der Waals surface area contributed by atoms with E-state index < -0.39 is 5.97 Å². The fourth-order valence-corrected chi connectivity index (χ4v) is 1.48. The Morgan fingerprint density at radius 1 is 1.40 bits per heavy atom. The Balaban J connectivity index is 1.93. The third-order valence-corrected chi connectivity index (χ3v) is 2.31. The molecule has 0 bridgehead atoms. The van der Waals surface area contributed by atoms with E-state index in [1.54, 1.807) is 24.5 Å². The second kappa shape index (κ2) is 6.28. The van der Waals surface area contributed by atoms with Crippen molar-refractivity contribution in [3.05, 3.63) is 48.6 Å². The first-order valence-electron chi connectivity index (χ1n) is 5.77. The lowest BCUT2D eigenvalue weighted by molar-refractivity contribution is -0.137. The molecule has 1 amide bonds. The summed E-state index contributed by atoms with van der Waals surface area (Å²) in [6.45, 7) is -0.249. The van der Waals surface area contributed by atoms with Crippen molar-refractivity contribution in [2.45, 2.75) is 6.54 Å². The molecule has 0 saturated heterocycles. The molecule has 0 aromatic carbocycles. The van der Waals surface area contributed by atoms with Crippen molar-refractivity contribution in [2.24, 2.45) is 0 Å². The van der Waals surface area contributed by atoms with Crippen LogP contribution in [-0.4, -0.2) is 31.7 Å². The van der Waals surface area contributed by atoms with Gasteiger partial charge in [0.1, 0.15) is 6.54 Å². The zero-order valence-corrected chi connectivity index (χ0v) is 10.4. The third kappa shape index (κ3) is 4.05. The summed E-state index contributed by atoms with van der Waals surface area (Å²) < 4.78 is 1.22. The molecule has 7 heteroatoms. The van der Waals surface area contributed by atoms with E-state index in [2.05, 4.69) is 15.4 Å². The first kappa shape index (κ1) is 13.5. The number of pyridine rings is 1. The molecule has 0 atom stereocenters. The van der Waals surface area contributed by atoms with Crippen molar-refractivity contribution in [2.75, 3.05) is 5.32 Å². The fraction of sp³-hybridized carbons (Fsp3) is 0.0769. The third-order valence-electron chi connectivity index (χ3n) is 2.31. The SMILES string of the molecule is O=C(O)Cn1cc(NC(=O)/C=C/c2cccnc2)cn1. The Hall–Kier alpha value is -2.96. The maximum absolute atomic E-state index is 11.6. The van der Waals surface area contributed by atoms with Crippen molar-refractivity contribution in [1.82, 2.24) is 14.8 Å². The highest BCUT2D eigenvalue weighted by atomic mass is 16.4. The predicted octanol–water partition coefficient (Wildman–Crippen LogP) is 1.01. The molecule has 0 fully saturated rings. The van der Waals surface area contributed by atoms with Gasteiger partial charge in [-0.25, -0.2) is 0 Å². The Kier molecular flexibility index (Phi) is 4.23. The minimum atomic E-state index is -0.998. The van der Waals surface area contributed by atoms with Crippen molar-refractivity contribution in [3.8, 4) is 0 Å². The molecule has 0 unspecified atom stereocenters. The van der Waals surface area contributed by atoms with Gasteiger partial charge in [-0.2, -0.15) is 5.10 Å². The van der Waals surface area contributed by atoms with Gasteiger partial charge >= 0.3 is 5.97 Å². The molecule has 2 N–H and O–H groups in total. The number of aliphatic carboxylic acids is 1. The molecule has 2 aromatic heterocycles. The quantitative estimate of drug-likeness (QED) is 0.792. The fourth-order valence-electron chi connectivity index (χ4n) is 1.48. The van der Waals surface area contributed by atoms with Crippen LogP contribution in [0, 0.1) is 0 Å². The number of carbonyl (C=O) groups excluding carboxylic acids is 1. The Morgan fingerprint density at radius 2 is 2.25 bits per heavy atom. The van der Waals surface area contributed by atoms with Crippen molar-refractivity contribution in [1.29, 1.82) is 0 Å². The lowest BCUT2D eigenvalue weighted by atomic mass is 10.2. The van der Waals surface area contributed by atoms with E-state index >= 15 is 0 Å². The number of nitrogens with one attached hydrogen (secondary N) is 1. The zero-order chi connectivity index (χ0) is 14.4. The van der Waals surface area contributed by atoms with E-state index in [-0.39, 0.29) is 12.5 Å². The summed E-state index contributed by atoms with van der Waals surface area (Å²) in [6, 6.07) is 3.59. The van der Waals surface area contributed by atoms with E-state index in [9.17, 15) is 9.59 Å². The molecule has 2 aromatic rings. The standard InChI is InChI=1S/C13H12N4O3/c18-12(4-3-10-2-1-5-14-6-10)16-11-7-15-17(8-11)9-13(19)20/h1-8H,9H2,(H,16,18)(H,19,20)/b4-3+. The maximum atomic E-state index is 11.6. The molecular formula is C13H12N4O3. The summed E-state index contributed by atoms with van der Waals surface area (Å²) in [5, 5.41) is 15.0. The summed E-state index contributed by atoms with van der Waals surface area (Å²) in [6.07, 6.45) is 9.11. The molecule has 2 rings (SSSR count). The van der Waals surface area contributed by atoms with Gasteiger partial charge in [-0.05, 0) is 17.7 Å². The molecule has 0 spiro atoms. The van der Waals surface area contributed by atoms with E-state index in [4.69, 9.17) is 5.11 Å². The van der Waals surface area contributed by atoms with Crippen LogP contribution in [0.1, 0.15) is 5.56 Å². The summed E-state index contributed by atoms with van der Waals surface area (Å²) in [5.74, 6) is -1.33. The number of carboxylic acids is 1. The Bertz CT molecular complexity index is 634. The van der Waals surface area contributed by atoms with E-state index in [0.29, 0.717) is 5.69 Å². The van der Waals surface area contributed by atoms with Crippen LogP contribution in [0.3, 0.4) is 0 Å². The van der Waals surface area contributed by atoms with Crippen LogP contribution < -0.4 is 5.32 Å². The van der Waals surface area contributed by atoms with Gasteiger partial charge in [-0.1, -0.05) is 6.07 Å². The molecule has 0 aliphatic rings. The number of amides is 1. The monoisotopic (exact) mass is 272 g/mol. The molecule has 2 heterocycles. The zero-order valence-electron chi connectivity index (χ0n) is 10.4. The lowest BCUT2D eigenvalue weighted by Gasteiger charge is -1.97. The number of anilines is 1. The highest BCUT2D eigenvalue weighted by Crippen LogP contribution is 2.05. The molecule has 20 heavy (non-hydrogen) atoms. The average Bonchev–Trinajstić information content (AvgIpc) is 2.84. The Morgan fingerprint density at radius 3 is 2.95 bits per heavy atom. The molecule has 7 nitrogen and oxygen atoms in total. The molecule has 0 saturated carbocycles. The van der Waals surface area contributed by atoms with Crippen LogP contribution in [0.5, 0.6) is 0 Å². The second-order valence-electron chi connectivity index (χ2n) is 3.93. The summed E-state index contributed by atoms with van der Waals surface area (Å²) in [7, 11) is 0. The number of carbonyl (C=O) groups is 2. The molecule has 102 valence electrons. The number of nitrogens with zero attached hydrogens (tertiary/aromatic N) is 3. The minimum absolute atomic E-state index is 0.249. The van der Waals surface area contributed by atoms with Crippen LogP contribution in [0.15, 0.2) is 43.0 Å². The van der Waals surface area contributed by atoms with Crippen LogP contribution >= 0.6 is 0 Å². The van der Waals surface area contributed by atoms with Crippen molar-refractivity contribution >= 4 is 23.6 Å². The van der Waals surface area contributed by atoms with E-state index in [1.807, 2.05) is 6.07 Å². The first-order chi connectivity index (χ1) is 9.63. The molecular weight excluding hydrogens is 260 g/mol. The maximum Gasteiger partial charge on any atom is 0.325 e. The summed E-state index contributed by atoms with van der Waals surface area (Å²) in [5.41, 5.74) is 1.25. The highest BCUT2D eigenvalue weighted by Gasteiger charge is 2.04. The van der Waals surface area contributed by atoms with Gasteiger partial charge in [0.15, 0.2) is 0 Å². The highest BCUT2D eigenvalue weighted by molar-refractivity contribution is 6.01. The van der Waals surface area contributed by atoms with Crippen LogP contribution in [0.2, 0.25) is 0 Å². The number of hydrogen-bond donors (Lipinski definition) is 2. The van der Waals surface area contributed by atoms with E-state index in [0.717, 1.165) is 5.56 Å². The number of carboxylic acid groups (broad SMARTS) is 1. The van der Waals surface area contributed by atoms with E-state index in [1.165, 1.54) is 23.2 Å². The minimum Gasteiger partial charge on any atom is -0.480 e.